The number of nitrogens with zero attached hydrogens (tertiary/aromatic N) is 4. The van der Waals surface area contributed by atoms with Crippen molar-refractivity contribution in [2.24, 2.45) is 13.0 Å². The minimum absolute atomic E-state index is 0.0373. The molecule has 7 heteroatoms. The minimum atomic E-state index is -0.393. The predicted octanol–water partition coefficient (Wildman–Crippen LogP) is 1.72. The highest BCUT2D eigenvalue weighted by Gasteiger charge is 2.56. The van der Waals surface area contributed by atoms with Crippen molar-refractivity contribution in [2.45, 2.75) is 38.4 Å². The minimum Gasteiger partial charge on any atom is -0.349 e. The first-order valence-corrected chi connectivity index (χ1v) is 10.2. The number of rotatable bonds is 4. The molecule has 0 unspecified atom stereocenters. The molecule has 4 rings (SSSR count). The molecule has 154 valence electrons. The Balaban J connectivity index is 1.69. The summed E-state index contributed by atoms with van der Waals surface area (Å²) in [6, 6.07) is 10.1. The highest BCUT2D eigenvalue weighted by atomic mass is 16.2. The van der Waals surface area contributed by atoms with Crippen molar-refractivity contribution in [1.29, 1.82) is 0 Å². The number of likely N-dealkylation sites (tertiary alicyclic amines) is 2. The van der Waals surface area contributed by atoms with E-state index in [9.17, 15) is 9.59 Å². The highest BCUT2D eigenvalue weighted by molar-refractivity contribution is 5.77. The molecule has 2 fully saturated rings. The standard InChI is InChI=1S/C22H29N5O2/c1-16(28)24-22-9-11-26(14-20-23-10-12-25(20)3)13-19(22)21(27(15-22)17(2)29)18-7-5-4-6-8-18/h4-8,10,12,19,21H,9,11,13-15H2,1-3H3,(H,24,28)/t19-,21-,22-/m1/s1. The molecule has 0 aliphatic carbocycles. The average molecular weight is 396 g/mol. The first kappa shape index (κ1) is 19.6. The Kier molecular flexibility index (Phi) is 5.17. The number of amides is 2. The van der Waals surface area contributed by atoms with Gasteiger partial charge in [0, 0.05) is 58.8 Å². The molecule has 0 saturated carbocycles. The van der Waals surface area contributed by atoms with Gasteiger partial charge in [-0.05, 0) is 12.0 Å². The summed E-state index contributed by atoms with van der Waals surface area (Å²) in [4.78, 5) is 33.5. The van der Waals surface area contributed by atoms with Gasteiger partial charge in [0.1, 0.15) is 5.82 Å². The summed E-state index contributed by atoms with van der Waals surface area (Å²) in [6.45, 7) is 6.17. The summed E-state index contributed by atoms with van der Waals surface area (Å²) in [5, 5.41) is 3.25. The van der Waals surface area contributed by atoms with Crippen molar-refractivity contribution in [3.8, 4) is 0 Å². The first-order chi connectivity index (χ1) is 13.9. The molecular weight excluding hydrogens is 366 g/mol. The van der Waals surface area contributed by atoms with Crippen LogP contribution in [0.2, 0.25) is 0 Å². The first-order valence-electron chi connectivity index (χ1n) is 10.2. The summed E-state index contributed by atoms with van der Waals surface area (Å²) < 4.78 is 2.04. The van der Waals surface area contributed by atoms with Crippen LogP contribution >= 0.6 is 0 Å². The lowest BCUT2D eigenvalue weighted by atomic mass is 9.75. The molecule has 0 bridgehead atoms. The third-order valence-electron chi connectivity index (χ3n) is 6.46. The van der Waals surface area contributed by atoms with Gasteiger partial charge in [-0.2, -0.15) is 0 Å². The molecule has 29 heavy (non-hydrogen) atoms. The molecule has 0 spiro atoms. The van der Waals surface area contributed by atoms with Crippen LogP contribution in [0.5, 0.6) is 0 Å². The van der Waals surface area contributed by atoms with E-state index in [-0.39, 0.29) is 23.8 Å². The molecule has 7 nitrogen and oxygen atoms in total. The average Bonchev–Trinajstić information content (AvgIpc) is 3.23. The number of benzene rings is 1. The van der Waals surface area contributed by atoms with Crippen LogP contribution in [0.4, 0.5) is 0 Å². The van der Waals surface area contributed by atoms with E-state index < -0.39 is 5.54 Å². The van der Waals surface area contributed by atoms with E-state index in [2.05, 4.69) is 27.3 Å². The highest BCUT2D eigenvalue weighted by Crippen LogP contribution is 2.47. The third-order valence-corrected chi connectivity index (χ3v) is 6.46. The van der Waals surface area contributed by atoms with Gasteiger partial charge in [0.25, 0.3) is 0 Å². The molecule has 2 aliphatic rings. The van der Waals surface area contributed by atoms with Crippen molar-refractivity contribution in [3.63, 3.8) is 0 Å². The van der Waals surface area contributed by atoms with Crippen LogP contribution in [0.1, 0.15) is 37.7 Å². The zero-order valence-corrected chi connectivity index (χ0v) is 17.3. The Hall–Kier alpha value is -2.67. The zero-order chi connectivity index (χ0) is 20.6. The Morgan fingerprint density at radius 3 is 2.62 bits per heavy atom. The van der Waals surface area contributed by atoms with Gasteiger partial charge < -0.3 is 14.8 Å². The molecule has 2 aromatic rings. The molecule has 3 heterocycles. The normalized spacial score (nSPS) is 26.9. The van der Waals surface area contributed by atoms with Crippen molar-refractivity contribution in [3.05, 3.63) is 54.1 Å². The van der Waals surface area contributed by atoms with Crippen molar-refractivity contribution >= 4 is 11.8 Å². The molecule has 1 aromatic heterocycles. The molecule has 2 saturated heterocycles. The lowest BCUT2D eigenvalue weighted by molar-refractivity contribution is -0.130. The maximum atomic E-state index is 12.6. The quantitative estimate of drug-likeness (QED) is 0.856. The van der Waals surface area contributed by atoms with Gasteiger partial charge in [-0.3, -0.25) is 14.5 Å². The zero-order valence-electron chi connectivity index (χ0n) is 17.3. The Morgan fingerprint density at radius 1 is 1.24 bits per heavy atom. The fourth-order valence-corrected chi connectivity index (χ4v) is 5.11. The second kappa shape index (κ2) is 7.63. The summed E-state index contributed by atoms with van der Waals surface area (Å²) in [7, 11) is 2.01. The second-order valence-electron chi connectivity index (χ2n) is 8.39. The van der Waals surface area contributed by atoms with Crippen LogP contribution in [0.3, 0.4) is 0 Å². The fraction of sp³-hybridized carbons (Fsp3) is 0.500. The maximum absolute atomic E-state index is 12.6. The van der Waals surface area contributed by atoms with Gasteiger partial charge in [0.05, 0.1) is 18.1 Å². The van der Waals surface area contributed by atoms with Crippen LogP contribution in [0, 0.1) is 5.92 Å². The van der Waals surface area contributed by atoms with E-state index >= 15 is 0 Å². The van der Waals surface area contributed by atoms with Crippen LogP contribution in [0.15, 0.2) is 42.7 Å². The SMILES string of the molecule is CC(=O)N[C@@]12CCN(Cc3nccn3C)C[C@@H]1[C@@H](c1ccccc1)N(C(C)=O)C2. The molecule has 1 N–H and O–H groups in total. The van der Waals surface area contributed by atoms with E-state index in [4.69, 9.17) is 0 Å². The largest absolute Gasteiger partial charge is 0.349 e. The van der Waals surface area contributed by atoms with E-state index in [1.807, 2.05) is 47.1 Å². The monoisotopic (exact) mass is 395 g/mol. The Bertz CT molecular complexity index is 896. The van der Waals surface area contributed by atoms with Gasteiger partial charge in [-0.15, -0.1) is 0 Å². The lowest BCUT2D eigenvalue weighted by Gasteiger charge is -2.45. The number of aryl methyl sites for hydroxylation is 1. The molecule has 1 aromatic carbocycles. The topological polar surface area (TPSA) is 70.5 Å². The third kappa shape index (κ3) is 3.67. The smallest absolute Gasteiger partial charge is 0.220 e. The number of carbonyl (C=O) groups is 2. The van der Waals surface area contributed by atoms with Crippen LogP contribution < -0.4 is 5.32 Å². The maximum Gasteiger partial charge on any atom is 0.220 e. The van der Waals surface area contributed by atoms with E-state index in [1.54, 1.807) is 13.8 Å². The fourth-order valence-electron chi connectivity index (χ4n) is 5.11. The van der Waals surface area contributed by atoms with Gasteiger partial charge >= 0.3 is 0 Å². The van der Waals surface area contributed by atoms with Crippen LogP contribution in [0.25, 0.3) is 0 Å². The second-order valence-corrected chi connectivity index (χ2v) is 8.39. The summed E-state index contributed by atoms with van der Waals surface area (Å²) in [5.74, 6) is 1.15. The van der Waals surface area contributed by atoms with Crippen molar-refractivity contribution in [2.75, 3.05) is 19.6 Å². The van der Waals surface area contributed by atoms with Crippen molar-refractivity contribution in [1.82, 2.24) is 24.7 Å². The summed E-state index contributed by atoms with van der Waals surface area (Å²) >= 11 is 0. The lowest BCUT2D eigenvalue weighted by Crippen LogP contribution is -2.61. The predicted molar refractivity (Wildman–Crippen MR) is 110 cm³/mol. The van der Waals surface area contributed by atoms with E-state index in [0.29, 0.717) is 6.54 Å². The van der Waals surface area contributed by atoms with Gasteiger partial charge in [-0.25, -0.2) is 4.98 Å². The van der Waals surface area contributed by atoms with E-state index in [1.165, 1.54) is 0 Å². The van der Waals surface area contributed by atoms with Gasteiger partial charge in [0.15, 0.2) is 0 Å². The van der Waals surface area contributed by atoms with Crippen LogP contribution in [-0.4, -0.2) is 56.3 Å². The molecule has 2 amide bonds. The molecular formula is C22H29N5O2. The number of fused-ring (bicyclic) bond motifs is 1. The number of nitrogens with one attached hydrogen (secondary N) is 1. The summed E-state index contributed by atoms with van der Waals surface area (Å²) in [6.07, 6.45) is 4.59. The molecule has 2 aliphatic heterocycles. The number of hydrogen-bond acceptors (Lipinski definition) is 4. The molecule has 3 atom stereocenters. The summed E-state index contributed by atoms with van der Waals surface area (Å²) in [5.41, 5.74) is 0.731. The molecule has 0 radical (unpaired) electrons. The van der Waals surface area contributed by atoms with Crippen molar-refractivity contribution < 1.29 is 9.59 Å². The Labute approximate surface area is 171 Å². The Morgan fingerprint density at radius 2 is 2.00 bits per heavy atom. The number of piperidine rings is 1. The number of hydrogen-bond donors (Lipinski definition) is 1. The number of carbonyl (C=O) groups excluding carboxylic acids is 2. The van der Waals surface area contributed by atoms with Crippen LogP contribution in [-0.2, 0) is 23.2 Å². The number of aromatic nitrogens is 2. The van der Waals surface area contributed by atoms with E-state index in [0.717, 1.165) is 37.4 Å². The van der Waals surface area contributed by atoms with Gasteiger partial charge in [0.2, 0.25) is 11.8 Å². The number of imidazole rings is 1. The van der Waals surface area contributed by atoms with Gasteiger partial charge in [-0.1, -0.05) is 30.3 Å².